The van der Waals surface area contributed by atoms with Crippen LogP contribution >= 0.6 is 0 Å². The van der Waals surface area contributed by atoms with Gasteiger partial charge in [-0.3, -0.25) is 4.79 Å². The lowest BCUT2D eigenvalue weighted by Gasteiger charge is -2.54. The fourth-order valence-electron chi connectivity index (χ4n) is 5.27. The van der Waals surface area contributed by atoms with Gasteiger partial charge in [0.2, 0.25) is 0 Å². The number of nitrogens with one attached hydrogen (secondary N) is 1. The predicted molar refractivity (Wildman–Crippen MR) is 123 cm³/mol. The summed E-state index contributed by atoms with van der Waals surface area (Å²) in [7, 11) is 1.10. The fourth-order valence-corrected chi connectivity index (χ4v) is 5.27. The Morgan fingerprint density at radius 3 is 2.23 bits per heavy atom. The van der Waals surface area contributed by atoms with Crippen molar-refractivity contribution >= 4 is 11.9 Å². The average molecular weight is 489 g/mol. The van der Waals surface area contributed by atoms with Crippen LogP contribution in [0.4, 0.5) is 13.2 Å². The lowest BCUT2D eigenvalue weighted by molar-refractivity contribution is -0.153. The molecule has 3 unspecified atom stereocenters. The summed E-state index contributed by atoms with van der Waals surface area (Å²) in [5.74, 6) is -4.17. The van der Waals surface area contributed by atoms with Gasteiger partial charge in [0.1, 0.15) is 11.2 Å². The lowest BCUT2D eigenvalue weighted by Crippen LogP contribution is -2.67. The number of aromatic hydroxyl groups is 1. The molecule has 3 rings (SSSR count). The van der Waals surface area contributed by atoms with Crippen LogP contribution in [0.2, 0.25) is 0 Å². The Morgan fingerprint density at radius 2 is 1.71 bits per heavy atom. The van der Waals surface area contributed by atoms with Crippen molar-refractivity contribution in [2.45, 2.75) is 43.8 Å². The van der Waals surface area contributed by atoms with Crippen LogP contribution in [0.5, 0.6) is 5.75 Å². The van der Waals surface area contributed by atoms with Gasteiger partial charge < -0.3 is 20.3 Å². The quantitative estimate of drug-likeness (QED) is 0.408. The zero-order valence-corrected chi connectivity index (χ0v) is 19.6. The summed E-state index contributed by atoms with van der Waals surface area (Å²) in [5.41, 5.74) is -5.01. The minimum Gasteiger partial charge on any atom is -0.508 e. The van der Waals surface area contributed by atoms with Crippen LogP contribution in [0, 0.1) is 0 Å². The molecule has 0 amide bonds. The Hall–Kier alpha value is -3.75. The van der Waals surface area contributed by atoms with E-state index in [1.807, 2.05) is 0 Å². The summed E-state index contributed by atoms with van der Waals surface area (Å²) in [6.07, 6.45) is -1.61. The first-order valence-corrected chi connectivity index (χ1v) is 10.7. The number of carboxylic acids is 1. The molecule has 0 saturated carbocycles. The molecule has 3 N–H and O–H groups in total. The van der Waals surface area contributed by atoms with Gasteiger partial charge in [0.05, 0.1) is 23.8 Å². The van der Waals surface area contributed by atoms with Gasteiger partial charge in [-0.2, -0.15) is 13.2 Å². The lowest BCUT2D eigenvalue weighted by atomic mass is 9.52. The van der Waals surface area contributed by atoms with Gasteiger partial charge in [-0.25, -0.2) is 4.79 Å². The number of aliphatic carboxylic acids is 1. The van der Waals surface area contributed by atoms with Gasteiger partial charge in [0.25, 0.3) is 0 Å². The highest BCUT2D eigenvalue weighted by atomic mass is 19.4. The Balaban J connectivity index is 2.64. The molecule has 1 aliphatic rings. The van der Waals surface area contributed by atoms with Crippen molar-refractivity contribution in [2.24, 2.45) is 0 Å². The Bertz CT molecular complexity index is 1200. The van der Waals surface area contributed by atoms with Crippen molar-refractivity contribution in [1.82, 2.24) is 5.32 Å². The second kappa shape index (κ2) is 9.13. The normalized spacial score (nSPS) is 24.8. The van der Waals surface area contributed by atoms with E-state index in [4.69, 9.17) is 4.74 Å². The number of rotatable bonds is 5. The van der Waals surface area contributed by atoms with Gasteiger partial charge in [-0.05, 0) is 50.1 Å². The van der Waals surface area contributed by atoms with Gasteiger partial charge in [0, 0.05) is 11.6 Å². The minimum atomic E-state index is -4.83. The third-order valence-electron chi connectivity index (χ3n) is 6.53. The Labute approximate surface area is 200 Å². The molecule has 0 saturated heterocycles. The van der Waals surface area contributed by atoms with Crippen LogP contribution < -0.4 is 5.32 Å². The number of esters is 1. The molecule has 9 heteroatoms. The molecular formula is C26H26F3NO5. The molecule has 0 aliphatic carbocycles. The van der Waals surface area contributed by atoms with Crippen LogP contribution in [0.25, 0.3) is 0 Å². The number of ether oxygens (including phenoxy) is 1. The predicted octanol–water partition coefficient (Wildman–Crippen LogP) is 4.90. The van der Waals surface area contributed by atoms with Gasteiger partial charge in [-0.15, -0.1) is 0 Å². The van der Waals surface area contributed by atoms with Gasteiger partial charge >= 0.3 is 18.1 Å². The van der Waals surface area contributed by atoms with Crippen LogP contribution in [-0.2, 0) is 25.9 Å². The minimum absolute atomic E-state index is 0.110. The number of alkyl halides is 3. The number of hydrogen-bond donors (Lipinski definition) is 3. The first-order valence-electron chi connectivity index (χ1n) is 10.7. The van der Waals surface area contributed by atoms with Crippen LogP contribution in [0.15, 0.2) is 72.0 Å². The largest absolute Gasteiger partial charge is 0.508 e. The fraction of sp³-hybridized carbons (Fsp3) is 0.308. The van der Waals surface area contributed by atoms with E-state index in [0.29, 0.717) is 0 Å². The maximum atomic E-state index is 14.2. The standard InChI is InChI=1S/C26H26F3NO5/c1-5-14-24(3)25(23(34)35-4,16-10-12-17(31)13-11-16)21(20(22(32)33)15(2)30-24)18-8-6-7-9-19(18)26(27,28)29/h5-14,21,30-31H,1-4H3,(H,32,33)/b14-5+. The molecule has 1 heterocycles. The van der Waals surface area contributed by atoms with Crippen molar-refractivity contribution in [3.8, 4) is 5.75 Å². The maximum absolute atomic E-state index is 14.2. The molecule has 2 aromatic carbocycles. The van der Waals surface area contributed by atoms with Crippen LogP contribution in [0.1, 0.15) is 43.4 Å². The van der Waals surface area contributed by atoms with Crippen molar-refractivity contribution < 1.29 is 37.7 Å². The number of carbonyl (C=O) groups is 2. The average Bonchev–Trinajstić information content (AvgIpc) is 2.78. The summed E-state index contributed by atoms with van der Waals surface area (Å²) in [5, 5.41) is 23.2. The second-order valence-electron chi connectivity index (χ2n) is 8.54. The number of phenols is 1. The summed E-state index contributed by atoms with van der Waals surface area (Å²) >= 11 is 0. The highest BCUT2D eigenvalue weighted by molar-refractivity contribution is 5.97. The van der Waals surface area contributed by atoms with Crippen molar-refractivity contribution in [3.05, 3.63) is 88.6 Å². The molecule has 2 aromatic rings. The summed E-state index contributed by atoms with van der Waals surface area (Å²) in [6.45, 7) is 4.73. The molecule has 0 radical (unpaired) electrons. The molecule has 1 aliphatic heterocycles. The number of hydrogen-bond acceptors (Lipinski definition) is 5. The number of carbonyl (C=O) groups excluding carboxylic acids is 1. The van der Waals surface area contributed by atoms with Crippen LogP contribution in [-0.4, -0.2) is 34.8 Å². The zero-order chi connectivity index (χ0) is 26.2. The number of benzene rings is 2. The number of halogens is 3. The van der Waals surface area contributed by atoms with Crippen molar-refractivity contribution in [2.75, 3.05) is 7.11 Å². The maximum Gasteiger partial charge on any atom is 0.416 e. The third kappa shape index (κ3) is 4.05. The monoisotopic (exact) mass is 489 g/mol. The number of allylic oxidation sites excluding steroid dienone is 2. The molecule has 0 spiro atoms. The number of carboxylic acid groups (broad SMARTS) is 1. The summed E-state index contributed by atoms with van der Waals surface area (Å²) < 4.78 is 47.8. The van der Waals surface area contributed by atoms with E-state index < -0.39 is 46.1 Å². The van der Waals surface area contributed by atoms with Crippen molar-refractivity contribution in [3.63, 3.8) is 0 Å². The SMILES string of the molecule is C/C=C/C1(C)NC(C)=C(C(=O)O)C(c2ccccc2C(F)(F)F)C1(C(=O)OC)c1ccc(O)cc1. The zero-order valence-electron chi connectivity index (χ0n) is 19.6. The van der Waals surface area contributed by atoms with E-state index >= 15 is 0 Å². The molecule has 35 heavy (non-hydrogen) atoms. The smallest absolute Gasteiger partial charge is 0.416 e. The second-order valence-corrected chi connectivity index (χ2v) is 8.54. The first-order chi connectivity index (χ1) is 16.3. The Morgan fingerprint density at radius 1 is 1.11 bits per heavy atom. The van der Waals surface area contributed by atoms with E-state index in [9.17, 15) is 33.0 Å². The molecule has 0 fully saturated rings. The highest BCUT2D eigenvalue weighted by Gasteiger charge is 2.65. The summed E-state index contributed by atoms with van der Waals surface area (Å²) in [6, 6.07) is 9.96. The number of phenolic OH excluding ortho intramolecular Hbond substituents is 1. The van der Waals surface area contributed by atoms with Gasteiger partial charge in [-0.1, -0.05) is 42.5 Å². The highest BCUT2D eigenvalue weighted by Crippen LogP contribution is 2.57. The number of methoxy groups -OCH3 is 1. The van der Waals surface area contributed by atoms with E-state index in [2.05, 4.69) is 5.32 Å². The Kier molecular flexibility index (Phi) is 6.75. The van der Waals surface area contributed by atoms with E-state index in [0.717, 1.165) is 13.2 Å². The molecule has 0 bridgehead atoms. The molecule has 0 aromatic heterocycles. The topological polar surface area (TPSA) is 95.9 Å². The van der Waals surface area contributed by atoms with E-state index in [-0.39, 0.29) is 22.6 Å². The van der Waals surface area contributed by atoms with E-state index in [1.54, 1.807) is 26.0 Å². The third-order valence-corrected chi connectivity index (χ3v) is 6.53. The molecule has 3 atom stereocenters. The summed E-state index contributed by atoms with van der Waals surface area (Å²) in [4.78, 5) is 26.4. The molecule has 186 valence electrons. The van der Waals surface area contributed by atoms with E-state index in [1.165, 1.54) is 49.4 Å². The first kappa shape index (κ1) is 25.9. The molecular weight excluding hydrogens is 463 g/mol. The molecule has 6 nitrogen and oxygen atoms in total. The van der Waals surface area contributed by atoms with Crippen LogP contribution in [0.3, 0.4) is 0 Å². The van der Waals surface area contributed by atoms with Gasteiger partial charge in [0.15, 0.2) is 0 Å². The van der Waals surface area contributed by atoms with Crippen molar-refractivity contribution in [1.29, 1.82) is 0 Å².